The Bertz CT molecular complexity index is 720. The molecule has 148 valence electrons. The van der Waals surface area contributed by atoms with E-state index in [2.05, 4.69) is 44.4 Å². The zero-order valence-electron chi connectivity index (χ0n) is 16.4. The third kappa shape index (κ3) is 5.92. The van der Waals surface area contributed by atoms with E-state index in [0.29, 0.717) is 5.89 Å². The Morgan fingerprint density at radius 1 is 1.26 bits per heavy atom. The Hall–Kier alpha value is -1.64. The van der Waals surface area contributed by atoms with Crippen molar-refractivity contribution in [1.82, 2.24) is 20.4 Å². The number of likely N-dealkylation sites (tertiary alicyclic amines) is 1. The Morgan fingerprint density at radius 2 is 1.96 bits per heavy atom. The van der Waals surface area contributed by atoms with Gasteiger partial charge in [-0.15, -0.1) is 24.0 Å². The molecule has 0 unspecified atom stereocenters. The number of nitrogens with one attached hydrogen (secondary N) is 1. The van der Waals surface area contributed by atoms with Crippen molar-refractivity contribution in [3.05, 3.63) is 35.7 Å². The van der Waals surface area contributed by atoms with Gasteiger partial charge in [-0.25, -0.2) is 0 Å². The van der Waals surface area contributed by atoms with Crippen LogP contribution in [0.25, 0.3) is 11.5 Å². The number of aryl methyl sites for hydroxylation is 1. The molecule has 6 nitrogen and oxygen atoms in total. The summed E-state index contributed by atoms with van der Waals surface area (Å²) in [4.78, 5) is 11.2. The lowest BCUT2D eigenvalue weighted by molar-refractivity contribution is 0.273. The van der Waals surface area contributed by atoms with Crippen molar-refractivity contribution in [2.75, 3.05) is 26.7 Å². The second kappa shape index (κ2) is 10.6. The van der Waals surface area contributed by atoms with E-state index in [1.54, 1.807) is 0 Å². The Kier molecular flexibility index (Phi) is 8.53. The smallest absolute Gasteiger partial charge is 0.257 e. The number of rotatable bonds is 5. The van der Waals surface area contributed by atoms with Gasteiger partial charge in [0.25, 0.3) is 5.89 Å². The van der Waals surface area contributed by atoms with Gasteiger partial charge in [0, 0.05) is 38.7 Å². The summed E-state index contributed by atoms with van der Waals surface area (Å²) in [6.07, 6.45) is 4.23. The van der Waals surface area contributed by atoms with Crippen molar-refractivity contribution in [3.63, 3.8) is 0 Å². The van der Waals surface area contributed by atoms with Gasteiger partial charge in [-0.1, -0.05) is 31.1 Å². The number of benzene rings is 1. The van der Waals surface area contributed by atoms with Crippen molar-refractivity contribution in [2.24, 2.45) is 10.9 Å². The minimum atomic E-state index is 0. The fraction of sp³-hybridized carbons (Fsp3) is 0.550. The molecule has 3 rings (SSSR count). The van der Waals surface area contributed by atoms with Gasteiger partial charge in [0.1, 0.15) is 0 Å². The van der Waals surface area contributed by atoms with Crippen molar-refractivity contribution >= 4 is 29.9 Å². The predicted octanol–water partition coefficient (Wildman–Crippen LogP) is 3.77. The van der Waals surface area contributed by atoms with E-state index >= 15 is 0 Å². The van der Waals surface area contributed by atoms with E-state index < -0.39 is 0 Å². The van der Waals surface area contributed by atoms with Crippen LogP contribution in [0.1, 0.15) is 38.1 Å². The number of halogens is 1. The van der Waals surface area contributed by atoms with E-state index in [1.807, 2.05) is 26.1 Å². The number of hydrogen-bond donors (Lipinski definition) is 1. The summed E-state index contributed by atoms with van der Waals surface area (Å²) in [5, 5.41) is 7.44. The van der Waals surface area contributed by atoms with Crippen LogP contribution in [0.3, 0.4) is 0 Å². The summed E-state index contributed by atoms with van der Waals surface area (Å²) < 4.78 is 5.29. The fourth-order valence-corrected chi connectivity index (χ4v) is 3.20. The Morgan fingerprint density at radius 3 is 2.56 bits per heavy atom. The molecule has 1 saturated heterocycles. The summed E-state index contributed by atoms with van der Waals surface area (Å²) in [7, 11) is 1.87. The van der Waals surface area contributed by atoms with Crippen LogP contribution in [0.2, 0.25) is 0 Å². The normalized spacial score (nSPS) is 15.5. The quantitative estimate of drug-likeness (QED) is 0.399. The molecule has 0 amide bonds. The summed E-state index contributed by atoms with van der Waals surface area (Å²) in [6.45, 7) is 7.41. The number of piperidine rings is 1. The number of guanidine groups is 1. The van der Waals surface area contributed by atoms with Gasteiger partial charge in [0.2, 0.25) is 0 Å². The Balaban J connectivity index is 0.00000261. The first-order valence-corrected chi connectivity index (χ1v) is 9.57. The predicted molar refractivity (Wildman–Crippen MR) is 120 cm³/mol. The zero-order valence-corrected chi connectivity index (χ0v) is 18.8. The minimum Gasteiger partial charge on any atom is -0.356 e. The first-order chi connectivity index (χ1) is 12.7. The Labute approximate surface area is 178 Å². The molecule has 2 heterocycles. The lowest BCUT2D eigenvalue weighted by Crippen LogP contribution is -2.45. The van der Waals surface area contributed by atoms with Gasteiger partial charge in [-0.3, -0.25) is 4.99 Å². The number of aliphatic imine (C=N–C) groups is 1. The lowest BCUT2D eigenvalue weighted by Gasteiger charge is -2.32. The van der Waals surface area contributed by atoms with E-state index in [9.17, 15) is 0 Å². The molecular weight excluding hydrogens is 453 g/mol. The highest BCUT2D eigenvalue weighted by Gasteiger charge is 2.18. The number of hydrogen-bond acceptors (Lipinski definition) is 4. The summed E-state index contributed by atoms with van der Waals surface area (Å²) in [5.41, 5.74) is 2.24. The maximum absolute atomic E-state index is 5.29. The topological polar surface area (TPSA) is 66.6 Å². The molecule has 1 aromatic heterocycles. The molecule has 0 atom stereocenters. The third-order valence-electron chi connectivity index (χ3n) is 4.98. The summed E-state index contributed by atoms with van der Waals surface area (Å²) in [5.74, 6) is 3.18. The molecule has 0 radical (unpaired) electrons. The molecule has 1 aliphatic heterocycles. The molecule has 0 aliphatic carbocycles. The highest BCUT2D eigenvalue weighted by Crippen LogP contribution is 2.18. The van der Waals surface area contributed by atoms with Gasteiger partial charge in [0.15, 0.2) is 11.8 Å². The summed E-state index contributed by atoms with van der Waals surface area (Å²) in [6, 6.07) is 8.34. The zero-order chi connectivity index (χ0) is 18.4. The second-order valence-corrected chi connectivity index (χ2v) is 6.96. The van der Waals surface area contributed by atoms with Crippen LogP contribution in [-0.4, -0.2) is 47.7 Å². The minimum absolute atomic E-state index is 0. The van der Waals surface area contributed by atoms with Gasteiger partial charge in [-0.05, 0) is 42.9 Å². The van der Waals surface area contributed by atoms with E-state index in [0.717, 1.165) is 55.7 Å². The molecule has 1 fully saturated rings. The average molecular weight is 483 g/mol. The monoisotopic (exact) mass is 483 g/mol. The second-order valence-electron chi connectivity index (χ2n) is 6.96. The van der Waals surface area contributed by atoms with Gasteiger partial charge >= 0.3 is 0 Å². The molecule has 0 bridgehead atoms. The molecule has 1 aliphatic rings. The molecule has 0 spiro atoms. The van der Waals surface area contributed by atoms with Crippen molar-refractivity contribution < 1.29 is 4.52 Å². The van der Waals surface area contributed by atoms with Crippen LogP contribution in [0.5, 0.6) is 0 Å². The van der Waals surface area contributed by atoms with E-state index in [-0.39, 0.29) is 24.0 Å². The highest BCUT2D eigenvalue weighted by atomic mass is 127. The number of nitrogens with zero attached hydrogens (tertiary/aromatic N) is 4. The SMILES string of the molecule is CCc1noc(-c2ccc(CCNC(=NC)N3CCC(C)CC3)cc2)n1.I. The average Bonchev–Trinajstić information content (AvgIpc) is 3.16. The van der Waals surface area contributed by atoms with Crippen LogP contribution < -0.4 is 5.32 Å². The van der Waals surface area contributed by atoms with Crippen LogP contribution in [0, 0.1) is 5.92 Å². The lowest BCUT2D eigenvalue weighted by atomic mass is 9.99. The molecule has 1 N–H and O–H groups in total. The van der Waals surface area contributed by atoms with E-state index in [1.165, 1.54) is 18.4 Å². The molecule has 27 heavy (non-hydrogen) atoms. The molecule has 7 heteroatoms. The first kappa shape index (κ1) is 21.7. The van der Waals surface area contributed by atoms with Crippen LogP contribution in [0.4, 0.5) is 0 Å². The van der Waals surface area contributed by atoms with Gasteiger partial charge < -0.3 is 14.7 Å². The standard InChI is InChI=1S/C20H29N5O.HI/c1-4-18-23-19(26-24-18)17-7-5-16(6-8-17)9-12-22-20(21-3)25-13-10-15(2)11-14-25;/h5-8,15H,4,9-14H2,1-3H3,(H,21,22);1H. The van der Waals surface area contributed by atoms with Gasteiger partial charge in [-0.2, -0.15) is 4.98 Å². The molecule has 0 saturated carbocycles. The van der Waals surface area contributed by atoms with Gasteiger partial charge in [0.05, 0.1) is 0 Å². The van der Waals surface area contributed by atoms with Crippen LogP contribution in [-0.2, 0) is 12.8 Å². The first-order valence-electron chi connectivity index (χ1n) is 9.57. The number of aromatic nitrogens is 2. The molecule has 2 aromatic rings. The fourth-order valence-electron chi connectivity index (χ4n) is 3.20. The molecular formula is C20H30IN5O. The highest BCUT2D eigenvalue weighted by molar-refractivity contribution is 14.0. The van der Waals surface area contributed by atoms with Crippen molar-refractivity contribution in [1.29, 1.82) is 0 Å². The maximum atomic E-state index is 5.29. The summed E-state index contributed by atoms with van der Waals surface area (Å²) >= 11 is 0. The van der Waals surface area contributed by atoms with Crippen LogP contribution >= 0.6 is 24.0 Å². The molecule has 1 aromatic carbocycles. The third-order valence-corrected chi connectivity index (χ3v) is 4.98. The van der Waals surface area contributed by atoms with Crippen molar-refractivity contribution in [2.45, 2.75) is 39.5 Å². The van der Waals surface area contributed by atoms with Crippen molar-refractivity contribution in [3.8, 4) is 11.5 Å². The largest absolute Gasteiger partial charge is 0.356 e. The maximum Gasteiger partial charge on any atom is 0.257 e. The van der Waals surface area contributed by atoms with Crippen LogP contribution in [0.15, 0.2) is 33.8 Å². The van der Waals surface area contributed by atoms with E-state index in [4.69, 9.17) is 4.52 Å².